The summed E-state index contributed by atoms with van der Waals surface area (Å²) in [5.41, 5.74) is 1.52. The summed E-state index contributed by atoms with van der Waals surface area (Å²) >= 11 is -0.985. The molecule has 0 aliphatic carbocycles. The van der Waals surface area contributed by atoms with Gasteiger partial charge in [0.2, 0.25) is 0 Å². The molecule has 0 bridgehead atoms. The van der Waals surface area contributed by atoms with Crippen molar-refractivity contribution in [3.8, 4) is 0 Å². The standard InChI is InChI=1S/C11H15NO3S/c1-12(16(3)14)8-9-4-6-10(7-5-9)11(13)15-2/h4-7H,8H2,1-3H3. The zero-order chi connectivity index (χ0) is 12.1. The Hall–Kier alpha value is -1.04. The van der Waals surface area contributed by atoms with Crippen molar-refractivity contribution in [1.82, 2.24) is 4.31 Å². The average Bonchev–Trinajstić information content (AvgIpc) is 2.28. The molecule has 0 heterocycles. The Morgan fingerprint density at radius 3 is 2.44 bits per heavy atom. The van der Waals surface area contributed by atoms with E-state index < -0.39 is 11.4 Å². The second-order valence-corrected chi connectivity index (χ2v) is 4.87. The second-order valence-electron chi connectivity index (χ2n) is 3.40. The van der Waals surface area contributed by atoms with Crippen molar-refractivity contribution in [3.05, 3.63) is 35.4 Å². The molecule has 0 aliphatic heterocycles. The van der Waals surface area contributed by atoms with Crippen LogP contribution < -0.4 is 0 Å². The van der Waals surface area contributed by atoms with Crippen LogP contribution in [0, 0.1) is 0 Å². The number of rotatable bonds is 4. The van der Waals surface area contributed by atoms with Crippen LogP contribution in [0.15, 0.2) is 24.3 Å². The molecule has 0 aromatic heterocycles. The van der Waals surface area contributed by atoms with Gasteiger partial charge in [0.15, 0.2) is 0 Å². The first-order chi connectivity index (χ1) is 7.54. The Bertz CT molecular complexity index is 351. The summed E-state index contributed by atoms with van der Waals surface area (Å²) in [5, 5.41) is 0. The van der Waals surface area contributed by atoms with Crippen LogP contribution in [0.2, 0.25) is 0 Å². The second kappa shape index (κ2) is 5.89. The molecule has 1 aromatic carbocycles. The number of methoxy groups -OCH3 is 1. The van der Waals surface area contributed by atoms with E-state index in [-0.39, 0.29) is 5.97 Å². The summed E-state index contributed by atoms with van der Waals surface area (Å²) in [6.07, 6.45) is 1.63. The van der Waals surface area contributed by atoms with Crippen molar-refractivity contribution < 1.29 is 14.1 Å². The van der Waals surface area contributed by atoms with Crippen molar-refractivity contribution in [2.45, 2.75) is 6.54 Å². The summed E-state index contributed by atoms with van der Waals surface area (Å²) in [6, 6.07) is 7.06. The lowest BCUT2D eigenvalue weighted by molar-refractivity contribution is 0.0600. The summed E-state index contributed by atoms with van der Waals surface area (Å²) in [4.78, 5) is 11.2. The fraction of sp³-hybridized carbons (Fsp3) is 0.364. The third-order valence-corrected chi connectivity index (χ3v) is 3.23. The van der Waals surface area contributed by atoms with Gasteiger partial charge >= 0.3 is 5.97 Å². The molecule has 16 heavy (non-hydrogen) atoms. The smallest absolute Gasteiger partial charge is 0.337 e. The van der Waals surface area contributed by atoms with Gasteiger partial charge in [0.1, 0.15) is 6.26 Å². The predicted molar refractivity (Wildman–Crippen MR) is 63.3 cm³/mol. The van der Waals surface area contributed by atoms with Crippen molar-refractivity contribution >= 4 is 17.3 Å². The van der Waals surface area contributed by atoms with Crippen LogP contribution in [0.3, 0.4) is 0 Å². The molecule has 0 saturated heterocycles. The monoisotopic (exact) mass is 241 g/mol. The van der Waals surface area contributed by atoms with Gasteiger partial charge in [-0.25, -0.2) is 4.79 Å². The third kappa shape index (κ3) is 3.52. The van der Waals surface area contributed by atoms with Gasteiger partial charge in [0.05, 0.1) is 19.2 Å². The number of nitrogens with zero attached hydrogens (tertiary/aromatic N) is 1. The maximum Gasteiger partial charge on any atom is 0.337 e. The van der Waals surface area contributed by atoms with E-state index in [2.05, 4.69) is 4.74 Å². The van der Waals surface area contributed by atoms with Crippen molar-refractivity contribution in [2.24, 2.45) is 0 Å². The van der Waals surface area contributed by atoms with Crippen LogP contribution in [0.4, 0.5) is 0 Å². The van der Waals surface area contributed by atoms with Gasteiger partial charge in [0.25, 0.3) is 0 Å². The first kappa shape index (κ1) is 13.0. The van der Waals surface area contributed by atoms with Crippen LogP contribution in [-0.2, 0) is 22.6 Å². The van der Waals surface area contributed by atoms with E-state index >= 15 is 0 Å². The zero-order valence-corrected chi connectivity index (χ0v) is 10.4. The van der Waals surface area contributed by atoms with Crippen molar-refractivity contribution in [3.63, 3.8) is 0 Å². The quantitative estimate of drug-likeness (QED) is 0.587. The molecule has 88 valence electrons. The SMILES string of the molecule is COC(=O)c1ccc(CN(C)[S+](C)[O-])cc1. The highest BCUT2D eigenvalue weighted by molar-refractivity contribution is 7.88. The van der Waals surface area contributed by atoms with Gasteiger partial charge in [-0.15, -0.1) is 4.31 Å². The van der Waals surface area contributed by atoms with Gasteiger partial charge in [-0.05, 0) is 17.7 Å². The maximum absolute atomic E-state index is 11.2. The first-order valence-corrected chi connectivity index (χ1v) is 6.28. The number of ether oxygens (including phenoxy) is 1. The molecule has 0 amide bonds. The van der Waals surface area contributed by atoms with Crippen LogP contribution >= 0.6 is 0 Å². The van der Waals surface area contributed by atoms with E-state index in [9.17, 15) is 9.35 Å². The molecule has 1 unspecified atom stereocenters. The highest BCUT2D eigenvalue weighted by Gasteiger charge is 2.10. The minimum Gasteiger partial charge on any atom is -0.598 e. The molecule has 0 saturated carbocycles. The fourth-order valence-corrected chi connectivity index (χ4v) is 1.54. The Morgan fingerprint density at radius 2 is 2.00 bits per heavy atom. The van der Waals surface area contributed by atoms with E-state index in [4.69, 9.17) is 0 Å². The van der Waals surface area contributed by atoms with E-state index in [1.165, 1.54) is 7.11 Å². The molecule has 0 N–H and O–H groups in total. The lowest BCUT2D eigenvalue weighted by atomic mass is 10.1. The molecule has 0 aliphatic rings. The van der Waals surface area contributed by atoms with Crippen molar-refractivity contribution in [1.29, 1.82) is 0 Å². The molecule has 4 nitrogen and oxygen atoms in total. The molecule has 0 spiro atoms. The normalized spacial score (nSPS) is 12.6. The Balaban J connectivity index is 2.68. The molecular formula is C11H15NO3S. The largest absolute Gasteiger partial charge is 0.598 e. The van der Waals surface area contributed by atoms with E-state index in [0.29, 0.717) is 12.1 Å². The number of benzene rings is 1. The third-order valence-electron chi connectivity index (χ3n) is 2.22. The van der Waals surface area contributed by atoms with Crippen LogP contribution in [-0.4, -0.2) is 35.2 Å². The van der Waals surface area contributed by atoms with Crippen LogP contribution in [0.1, 0.15) is 15.9 Å². The summed E-state index contributed by atoms with van der Waals surface area (Å²) in [5.74, 6) is -0.348. The summed E-state index contributed by atoms with van der Waals surface area (Å²) in [6.45, 7) is 0.588. The Kier molecular flexibility index (Phi) is 4.79. The zero-order valence-electron chi connectivity index (χ0n) is 9.60. The predicted octanol–water partition coefficient (Wildman–Crippen LogP) is 1.20. The summed E-state index contributed by atoms with van der Waals surface area (Å²) < 4.78 is 17.4. The molecule has 1 atom stereocenters. The first-order valence-electron chi connectivity index (χ1n) is 4.76. The lowest BCUT2D eigenvalue weighted by Gasteiger charge is -2.16. The maximum atomic E-state index is 11.2. The molecule has 5 heteroatoms. The number of carbonyl (C=O) groups is 1. The van der Waals surface area contributed by atoms with Crippen molar-refractivity contribution in [2.75, 3.05) is 20.4 Å². The number of hydrogen-bond donors (Lipinski definition) is 0. The minimum atomic E-state index is -0.985. The van der Waals surface area contributed by atoms with E-state index in [1.807, 2.05) is 12.1 Å². The minimum absolute atomic E-state index is 0.348. The van der Waals surface area contributed by atoms with Crippen LogP contribution in [0.25, 0.3) is 0 Å². The van der Waals surface area contributed by atoms with E-state index in [1.54, 1.807) is 29.7 Å². The highest BCUT2D eigenvalue weighted by atomic mass is 32.2. The van der Waals surface area contributed by atoms with Gasteiger partial charge < -0.3 is 9.29 Å². The lowest BCUT2D eigenvalue weighted by Crippen LogP contribution is -2.24. The highest BCUT2D eigenvalue weighted by Crippen LogP contribution is 2.09. The Morgan fingerprint density at radius 1 is 1.44 bits per heavy atom. The van der Waals surface area contributed by atoms with E-state index in [0.717, 1.165) is 5.56 Å². The molecule has 1 rings (SSSR count). The summed E-state index contributed by atoms with van der Waals surface area (Å²) in [7, 11) is 3.13. The fourth-order valence-electron chi connectivity index (χ4n) is 1.21. The van der Waals surface area contributed by atoms with Crippen LogP contribution in [0.5, 0.6) is 0 Å². The average molecular weight is 241 g/mol. The van der Waals surface area contributed by atoms with Gasteiger partial charge in [-0.1, -0.05) is 12.1 Å². The molecule has 0 radical (unpaired) electrons. The van der Waals surface area contributed by atoms with Gasteiger partial charge in [0, 0.05) is 18.4 Å². The number of hydrogen-bond acceptors (Lipinski definition) is 4. The van der Waals surface area contributed by atoms with Gasteiger partial charge in [-0.3, -0.25) is 0 Å². The number of esters is 1. The molecule has 1 aromatic rings. The number of carbonyl (C=O) groups excluding carboxylic acids is 1. The van der Waals surface area contributed by atoms with Gasteiger partial charge in [-0.2, -0.15) is 0 Å². The molecule has 0 fully saturated rings. The Labute approximate surface area is 98.5 Å². The topological polar surface area (TPSA) is 52.6 Å². The molecular weight excluding hydrogens is 226 g/mol.